The molecule has 0 saturated heterocycles. The minimum absolute atomic E-state index is 0.0106. The van der Waals surface area contributed by atoms with Crippen molar-refractivity contribution in [1.82, 2.24) is 4.90 Å². The van der Waals surface area contributed by atoms with Gasteiger partial charge in [0.15, 0.2) is 0 Å². The Balaban J connectivity index is 3.71. The number of aliphatic hydroxyl groups is 2. The summed E-state index contributed by atoms with van der Waals surface area (Å²) in [4.78, 5) is 12.4. The van der Waals surface area contributed by atoms with E-state index in [1.807, 2.05) is 4.90 Å². The number of rotatable bonds is 14. The minimum atomic E-state index is -0.849. The van der Waals surface area contributed by atoms with Gasteiger partial charge in [-0.25, -0.2) is 0 Å². The SMILES string of the molecule is CCCCCCCCC(O)CN(CCO)CCC(=O)O. The average molecular weight is 289 g/mol. The molecule has 120 valence electrons. The second-order valence-corrected chi connectivity index (χ2v) is 5.38. The van der Waals surface area contributed by atoms with Gasteiger partial charge in [-0.2, -0.15) is 0 Å². The molecule has 0 radical (unpaired) electrons. The number of hydrogen-bond donors (Lipinski definition) is 3. The third-order valence-electron chi connectivity index (χ3n) is 3.42. The van der Waals surface area contributed by atoms with Gasteiger partial charge in [0.05, 0.1) is 19.1 Å². The van der Waals surface area contributed by atoms with Gasteiger partial charge in [-0.05, 0) is 6.42 Å². The van der Waals surface area contributed by atoms with Crippen LogP contribution in [-0.4, -0.2) is 58.5 Å². The molecule has 0 aliphatic rings. The molecule has 0 aliphatic carbocycles. The zero-order valence-corrected chi connectivity index (χ0v) is 12.8. The van der Waals surface area contributed by atoms with Crippen LogP contribution >= 0.6 is 0 Å². The predicted molar refractivity (Wildman–Crippen MR) is 79.8 cm³/mol. The average Bonchev–Trinajstić information content (AvgIpc) is 2.40. The first kappa shape index (κ1) is 19.4. The first-order valence-corrected chi connectivity index (χ1v) is 7.83. The Kier molecular flexibility index (Phi) is 12.9. The van der Waals surface area contributed by atoms with Crippen LogP contribution in [0.15, 0.2) is 0 Å². The number of carboxylic acids is 1. The smallest absolute Gasteiger partial charge is 0.304 e. The summed E-state index contributed by atoms with van der Waals surface area (Å²) in [5.41, 5.74) is 0. The van der Waals surface area contributed by atoms with E-state index >= 15 is 0 Å². The van der Waals surface area contributed by atoms with Crippen LogP contribution in [0.2, 0.25) is 0 Å². The molecule has 5 nitrogen and oxygen atoms in total. The fourth-order valence-electron chi connectivity index (χ4n) is 2.24. The third-order valence-corrected chi connectivity index (χ3v) is 3.42. The summed E-state index contributed by atoms with van der Waals surface area (Å²) in [5, 5.41) is 27.5. The van der Waals surface area contributed by atoms with Gasteiger partial charge in [0.2, 0.25) is 0 Å². The molecule has 0 spiro atoms. The van der Waals surface area contributed by atoms with Gasteiger partial charge in [-0.3, -0.25) is 9.69 Å². The van der Waals surface area contributed by atoms with Crippen LogP contribution in [0.4, 0.5) is 0 Å². The fraction of sp³-hybridized carbons (Fsp3) is 0.933. The van der Waals surface area contributed by atoms with Crippen LogP contribution in [0.1, 0.15) is 58.3 Å². The van der Waals surface area contributed by atoms with Crippen molar-refractivity contribution in [2.45, 2.75) is 64.4 Å². The number of nitrogens with zero attached hydrogens (tertiary/aromatic N) is 1. The Morgan fingerprint density at radius 3 is 2.35 bits per heavy atom. The lowest BCUT2D eigenvalue weighted by molar-refractivity contribution is -0.137. The van der Waals surface area contributed by atoms with Gasteiger partial charge in [-0.15, -0.1) is 0 Å². The second-order valence-electron chi connectivity index (χ2n) is 5.38. The monoisotopic (exact) mass is 289 g/mol. The van der Waals surface area contributed by atoms with E-state index in [-0.39, 0.29) is 13.0 Å². The van der Waals surface area contributed by atoms with E-state index in [2.05, 4.69) is 6.92 Å². The highest BCUT2D eigenvalue weighted by atomic mass is 16.4. The van der Waals surface area contributed by atoms with Gasteiger partial charge < -0.3 is 15.3 Å². The van der Waals surface area contributed by atoms with Crippen molar-refractivity contribution in [3.63, 3.8) is 0 Å². The highest BCUT2D eigenvalue weighted by molar-refractivity contribution is 5.66. The summed E-state index contributed by atoms with van der Waals surface area (Å²) < 4.78 is 0. The molecule has 0 aromatic carbocycles. The van der Waals surface area contributed by atoms with Gasteiger partial charge in [-0.1, -0.05) is 45.4 Å². The first-order valence-electron chi connectivity index (χ1n) is 7.83. The van der Waals surface area contributed by atoms with E-state index in [0.29, 0.717) is 19.6 Å². The van der Waals surface area contributed by atoms with Gasteiger partial charge in [0.1, 0.15) is 0 Å². The standard InChI is InChI=1S/C15H31NO4/c1-2-3-4-5-6-7-8-14(18)13-16(11-12-17)10-9-15(19)20/h14,17-18H,2-13H2,1H3,(H,19,20). The molecule has 0 bridgehead atoms. The molecule has 20 heavy (non-hydrogen) atoms. The summed E-state index contributed by atoms with van der Waals surface area (Å²) >= 11 is 0. The summed E-state index contributed by atoms with van der Waals surface area (Å²) in [7, 11) is 0. The van der Waals surface area contributed by atoms with Crippen LogP contribution in [0.5, 0.6) is 0 Å². The van der Waals surface area contributed by atoms with Crippen molar-refractivity contribution in [3.8, 4) is 0 Å². The van der Waals surface area contributed by atoms with Crippen molar-refractivity contribution in [2.75, 3.05) is 26.2 Å². The maximum absolute atomic E-state index is 10.5. The van der Waals surface area contributed by atoms with Crippen LogP contribution in [-0.2, 0) is 4.79 Å². The quantitative estimate of drug-likeness (QED) is 0.425. The Hall–Kier alpha value is -0.650. The number of aliphatic hydroxyl groups excluding tert-OH is 2. The predicted octanol–water partition coefficient (Wildman–Crippen LogP) is 1.87. The summed E-state index contributed by atoms with van der Waals surface area (Å²) in [6.45, 7) is 3.42. The first-order chi connectivity index (χ1) is 9.60. The van der Waals surface area contributed by atoms with Crippen LogP contribution in [0.3, 0.4) is 0 Å². The molecule has 0 amide bonds. The zero-order valence-electron chi connectivity index (χ0n) is 12.8. The van der Waals surface area contributed by atoms with Crippen molar-refractivity contribution in [1.29, 1.82) is 0 Å². The van der Waals surface area contributed by atoms with E-state index < -0.39 is 12.1 Å². The Morgan fingerprint density at radius 1 is 1.10 bits per heavy atom. The van der Waals surface area contributed by atoms with E-state index in [1.54, 1.807) is 0 Å². The molecule has 1 atom stereocenters. The molecule has 0 rings (SSSR count). The molecule has 3 N–H and O–H groups in total. The highest BCUT2D eigenvalue weighted by Crippen LogP contribution is 2.09. The number of carbonyl (C=O) groups is 1. The van der Waals surface area contributed by atoms with E-state index in [1.165, 1.54) is 25.7 Å². The molecule has 0 aromatic heterocycles. The molecule has 0 fully saturated rings. The summed E-state index contributed by atoms with van der Waals surface area (Å²) in [6, 6.07) is 0. The number of hydrogen-bond acceptors (Lipinski definition) is 4. The molecule has 0 saturated carbocycles. The molecular weight excluding hydrogens is 258 g/mol. The molecule has 0 aliphatic heterocycles. The Labute approximate surface area is 122 Å². The maximum atomic E-state index is 10.5. The van der Waals surface area contributed by atoms with E-state index in [9.17, 15) is 9.90 Å². The number of carboxylic acid groups (broad SMARTS) is 1. The van der Waals surface area contributed by atoms with Crippen molar-refractivity contribution < 1.29 is 20.1 Å². The zero-order chi connectivity index (χ0) is 15.2. The van der Waals surface area contributed by atoms with E-state index in [4.69, 9.17) is 10.2 Å². The Bertz CT molecular complexity index is 236. The summed E-state index contributed by atoms with van der Waals surface area (Å²) in [5.74, 6) is -0.849. The third kappa shape index (κ3) is 12.4. The number of unbranched alkanes of at least 4 members (excludes halogenated alkanes) is 5. The molecule has 0 heterocycles. The largest absolute Gasteiger partial charge is 0.481 e. The topological polar surface area (TPSA) is 81.0 Å². The number of aliphatic carboxylic acids is 1. The van der Waals surface area contributed by atoms with E-state index in [0.717, 1.165) is 19.3 Å². The molecular formula is C15H31NO4. The molecule has 5 heteroatoms. The lowest BCUT2D eigenvalue weighted by Gasteiger charge is -2.23. The van der Waals surface area contributed by atoms with Gasteiger partial charge in [0, 0.05) is 19.6 Å². The fourth-order valence-corrected chi connectivity index (χ4v) is 2.24. The van der Waals surface area contributed by atoms with Crippen LogP contribution < -0.4 is 0 Å². The van der Waals surface area contributed by atoms with Crippen molar-refractivity contribution >= 4 is 5.97 Å². The normalized spacial score (nSPS) is 12.8. The Morgan fingerprint density at radius 2 is 1.75 bits per heavy atom. The minimum Gasteiger partial charge on any atom is -0.481 e. The molecule has 0 aromatic rings. The van der Waals surface area contributed by atoms with Crippen LogP contribution in [0.25, 0.3) is 0 Å². The highest BCUT2D eigenvalue weighted by Gasteiger charge is 2.12. The maximum Gasteiger partial charge on any atom is 0.304 e. The molecule has 1 unspecified atom stereocenters. The lowest BCUT2D eigenvalue weighted by atomic mass is 10.1. The summed E-state index contributed by atoms with van der Waals surface area (Å²) in [6.07, 6.45) is 7.53. The second kappa shape index (κ2) is 13.3. The van der Waals surface area contributed by atoms with Gasteiger partial charge in [0.25, 0.3) is 0 Å². The van der Waals surface area contributed by atoms with Crippen LogP contribution in [0, 0.1) is 0 Å². The van der Waals surface area contributed by atoms with Gasteiger partial charge >= 0.3 is 5.97 Å². The lowest BCUT2D eigenvalue weighted by Crippen LogP contribution is -2.36. The van der Waals surface area contributed by atoms with Crippen molar-refractivity contribution in [3.05, 3.63) is 0 Å². The van der Waals surface area contributed by atoms with Crippen molar-refractivity contribution in [2.24, 2.45) is 0 Å².